The summed E-state index contributed by atoms with van der Waals surface area (Å²) in [7, 11) is 0. The molecule has 1 aliphatic rings. The van der Waals surface area contributed by atoms with E-state index in [4.69, 9.17) is 4.74 Å². The molecule has 8 heteroatoms. The Morgan fingerprint density at radius 1 is 1.44 bits per heavy atom. The van der Waals surface area contributed by atoms with Crippen LogP contribution in [0.2, 0.25) is 0 Å². The van der Waals surface area contributed by atoms with Gasteiger partial charge in [-0.05, 0) is 39.5 Å². The third-order valence-electron chi connectivity index (χ3n) is 4.12. The zero-order valence-electron chi connectivity index (χ0n) is 14.4. The van der Waals surface area contributed by atoms with E-state index < -0.39 is 0 Å². The van der Waals surface area contributed by atoms with Gasteiger partial charge < -0.3 is 15.0 Å². The van der Waals surface area contributed by atoms with Crippen LogP contribution in [0.3, 0.4) is 0 Å². The summed E-state index contributed by atoms with van der Waals surface area (Å²) in [5.74, 6) is 0.970. The molecular weight excluding hydrogens is 386 g/mol. The van der Waals surface area contributed by atoms with Crippen molar-refractivity contribution in [2.24, 2.45) is 0 Å². The summed E-state index contributed by atoms with van der Waals surface area (Å²) < 4.78 is 6.09. The highest BCUT2D eigenvalue weighted by molar-refractivity contribution is 9.10. The Bertz CT molecular complexity index is 740. The molecule has 2 aromatic rings. The smallest absolute Gasteiger partial charge is 0.273 e. The van der Waals surface area contributed by atoms with Crippen LogP contribution in [0, 0.1) is 0 Å². The molecule has 1 aliphatic heterocycles. The number of hydrogen-bond donors (Lipinski definition) is 2. The molecule has 0 aromatic carbocycles. The van der Waals surface area contributed by atoms with Crippen LogP contribution in [0.5, 0.6) is 0 Å². The number of pyridine rings is 1. The van der Waals surface area contributed by atoms with Crippen LogP contribution < -0.4 is 10.2 Å². The maximum atomic E-state index is 12.4. The first-order valence-electron chi connectivity index (χ1n) is 8.36. The molecule has 1 amide bonds. The predicted molar refractivity (Wildman–Crippen MR) is 98.8 cm³/mol. The van der Waals surface area contributed by atoms with Crippen molar-refractivity contribution in [2.75, 3.05) is 31.2 Å². The van der Waals surface area contributed by atoms with Crippen LogP contribution in [-0.2, 0) is 11.3 Å². The van der Waals surface area contributed by atoms with E-state index in [-0.39, 0.29) is 11.8 Å². The van der Waals surface area contributed by atoms with Crippen LogP contribution in [-0.4, -0.2) is 47.4 Å². The van der Waals surface area contributed by atoms with E-state index in [0.717, 1.165) is 34.6 Å². The predicted octanol–water partition coefficient (Wildman–Crippen LogP) is 2.46. The van der Waals surface area contributed by atoms with Gasteiger partial charge in [-0.3, -0.25) is 9.89 Å². The quantitative estimate of drug-likeness (QED) is 0.794. The number of carbonyl (C=O) groups excluding carboxylic acids is 1. The van der Waals surface area contributed by atoms with Gasteiger partial charge in [-0.1, -0.05) is 13.8 Å². The number of halogens is 1. The van der Waals surface area contributed by atoms with Gasteiger partial charge in [0.1, 0.15) is 5.82 Å². The minimum atomic E-state index is -0.209. The van der Waals surface area contributed by atoms with Crippen molar-refractivity contribution in [1.29, 1.82) is 0 Å². The number of anilines is 1. The first kappa shape index (κ1) is 17.9. The Hall–Kier alpha value is -1.93. The van der Waals surface area contributed by atoms with Gasteiger partial charge in [0.15, 0.2) is 5.69 Å². The SMILES string of the molecule is CC(C)c1[nH]nc(C(=O)NCc2ccnc(N3CCOCC3)c2)c1Br. The molecule has 2 N–H and O–H groups in total. The lowest BCUT2D eigenvalue weighted by Crippen LogP contribution is -2.36. The lowest BCUT2D eigenvalue weighted by molar-refractivity contribution is 0.0945. The summed E-state index contributed by atoms with van der Waals surface area (Å²) in [5.41, 5.74) is 2.30. The van der Waals surface area contributed by atoms with Crippen LogP contribution >= 0.6 is 15.9 Å². The Balaban J connectivity index is 1.64. The zero-order valence-corrected chi connectivity index (χ0v) is 16.0. The first-order valence-corrected chi connectivity index (χ1v) is 9.15. The summed E-state index contributed by atoms with van der Waals surface area (Å²) in [6.07, 6.45) is 1.77. The van der Waals surface area contributed by atoms with Gasteiger partial charge in [0.2, 0.25) is 0 Å². The van der Waals surface area contributed by atoms with Gasteiger partial charge >= 0.3 is 0 Å². The Labute approximate surface area is 155 Å². The molecule has 1 saturated heterocycles. The van der Waals surface area contributed by atoms with Gasteiger partial charge in [0.05, 0.1) is 23.4 Å². The minimum absolute atomic E-state index is 0.209. The highest BCUT2D eigenvalue weighted by Gasteiger charge is 2.19. The first-order chi connectivity index (χ1) is 12.1. The Morgan fingerprint density at radius 2 is 2.20 bits per heavy atom. The van der Waals surface area contributed by atoms with E-state index in [2.05, 4.69) is 41.3 Å². The van der Waals surface area contributed by atoms with Crippen molar-refractivity contribution in [3.63, 3.8) is 0 Å². The van der Waals surface area contributed by atoms with E-state index in [1.165, 1.54) is 0 Å². The van der Waals surface area contributed by atoms with Crippen LogP contribution in [0.1, 0.15) is 41.5 Å². The summed E-state index contributed by atoms with van der Waals surface area (Å²) >= 11 is 3.46. The fourth-order valence-electron chi connectivity index (χ4n) is 2.68. The van der Waals surface area contributed by atoms with Crippen LogP contribution in [0.4, 0.5) is 5.82 Å². The van der Waals surface area contributed by atoms with Crippen molar-refractivity contribution in [3.8, 4) is 0 Å². The van der Waals surface area contributed by atoms with Crippen molar-refractivity contribution >= 4 is 27.7 Å². The van der Waals surface area contributed by atoms with Crippen LogP contribution in [0.25, 0.3) is 0 Å². The van der Waals surface area contributed by atoms with E-state index in [0.29, 0.717) is 25.5 Å². The van der Waals surface area contributed by atoms with Crippen molar-refractivity contribution in [3.05, 3.63) is 39.8 Å². The lowest BCUT2D eigenvalue weighted by Gasteiger charge is -2.28. The van der Waals surface area contributed by atoms with E-state index >= 15 is 0 Å². The molecular formula is C17H22BrN5O2. The largest absolute Gasteiger partial charge is 0.378 e. The number of rotatable bonds is 5. The van der Waals surface area contributed by atoms with Crippen LogP contribution in [0.15, 0.2) is 22.8 Å². The molecule has 25 heavy (non-hydrogen) atoms. The van der Waals surface area contributed by atoms with Crippen molar-refractivity contribution in [1.82, 2.24) is 20.5 Å². The molecule has 0 spiro atoms. The maximum Gasteiger partial charge on any atom is 0.273 e. The third-order valence-corrected chi connectivity index (χ3v) is 4.93. The Morgan fingerprint density at radius 3 is 2.88 bits per heavy atom. The molecule has 2 aromatic heterocycles. The molecule has 0 bridgehead atoms. The van der Waals surface area contributed by atoms with Gasteiger partial charge in [0.25, 0.3) is 5.91 Å². The number of hydrogen-bond acceptors (Lipinski definition) is 5. The van der Waals surface area contributed by atoms with E-state index in [1.54, 1.807) is 6.20 Å². The standard InChI is InChI=1S/C17H22BrN5O2/c1-11(2)15-14(18)16(22-21-15)17(24)20-10-12-3-4-19-13(9-12)23-5-7-25-8-6-23/h3-4,9,11H,5-8,10H2,1-2H3,(H,20,24)(H,21,22). The molecule has 7 nitrogen and oxygen atoms in total. The summed E-state index contributed by atoms with van der Waals surface area (Å²) in [6, 6.07) is 3.91. The molecule has 3 heterocycles. The van der Waals surface area contributed by atoms with Gasteiger partial charge in [-0.2, -0.15) is 5.10 Å². The van der Waals surface area contributed by atoms with E-state index in [9.17, 15) is 4.79 Å². The number of morpholine rings is 1. The third kappa shape index (κ3) is 4.19. The molecule has 1 fully saturated rings. The number of carbonyl (C=O) groups is 1. The number of ether oxygens (including phenoxy) is 1. The molecule has 134 valence electrons. The zero-order chi connectivity index (χ0) is 17.8. The summed E-state index contributed by atoms with van der Waals surface area (Å²) in [5, 5.41) is 9.96. The summed E-state index contributed by atoms with van der Waals surface area (Å²) in [4.78, 5) is 19.0. The fourth-order valence-corrected chi connectivity index (χ4v) is 3.49. The second kappa shape index (κ2) is 7.97. The normalized spacial score (nSPS) is 14.8. The maximum absolute atomic E-state index is 12.4. The average molecular weight is 408 g/mol. The van der Waals surface area contributed by atoms with Gasteiger partial charge in [-0.15, -0.1) is 0 Å². The minimum Gasteiger partial charge on any atom is -0.378 e. The fraction of sp³-hybridized carbons (Fsp3) is 0.471. The molecule has 0 aliphatic carbocycles. The molecule has 0 saturated carbocycles. The summed E-state index contributed by atoms with van der Waals surface area (Å²) in [6.45, 7) is 7.62. The second-order valence-corrected chi connectivity index (χ2v) is 7.05. The number of H-pyrrole nitrogens is 1. The average Bonchev–Trinajstić information content (AvgIpc) is 3.02. The van der Waals surface area contributed by atoms with Crippen molar-refractivity contribution < 1.29 is 9.53 Å². The number of aromatic amines is 1. The topological polar surface area (TPSA) is 83.1 Å². The molecule has 0 atom stereocenters. The second-order valence-electron chi connectivity index (χ2n) is 6.26. The number of amides is 1. The van der Waals surface area contributed by atoms with Gasteiger partial charge in [0, 0.05) is 25.8 Å². The molecule has 0 radical (unpaired) electrons. The number of nitrogens with zero attached hydrogens (tertiary/aromatic N) is 3. The highest BCUT2D eigenvalue weighted by Crippen LogP contribution is 2.25. The molecule has 3 rings (SSSR count). The van der Waals surface area contributed by atoms with E-state index in [1.807, 2.05) is 26.0 Å². The number of nitrogens with one attached hydrogen (secondary N) is 2. The van der Waals surface area contributed by atoms with Gasteiger partial charge in [-0.25, -0.2) is 4.98 Å². The van der Waals surface area contributed by atoms with Crippen molar-refractivity contribution in [2.45, 2.75) is 26.3 Å². The molecule has 0 unspecified atom stereocenters. The lowest BCUT2D eigenvalue weighted by atomic mass is 10.1. The highest BCUT2D eigenvalue weighted by atomic mass is 79.9. The Kier molecular flexibility index (Phi) is 5.70. The number of aromatic nitrogens is 3. The monoisotopic (exact) mass is 407 g/mol.